The van der Waals surface area contributed by atoms with E-state index in [4.69, 9.17) is 4.74 Å². The Kier molecular flexibility index (Phi) is 4.77. The van der Waals surface area contributed by atoms with Gasteiger partial charge in [-0.1, -0.05) is 31.6 Å². The quantitative estimate of drug-likeness (QED) is 0.858. The van der Waals surface area contributed by atoms with Crippen LogP contribution in [0.5, 0.6) is 5.75 Å². The first kappa shape index (κ1) is 14.8. The summed E-state index contributed by atoms with van der Waals surface area (Å²) in [5.41, 5.74) is 0.206. The van der Waals surface area contributed by atoms with Crippen molar-refractivity contribution < 1.29 is 4.74 Å². The van der Waals surface area contributed by atoms with Crippen LogP contribution >= 0.6 is 0 Å². The van der Waals surface area contributed by atoms with Crippen molar-refractivity contribution >= 4 is 12.2 Å². The van der Waals surface area contributed by atoms with Crippen molar-refractivity contribution in [1.29, 1.82) is 0 Å². The van der Waals surface area contributed by atoms with E-state index >= 15 is 0 Å². The smallest absolute Gasteiger partial charge is 0.272 e. The van der Waals surface area contributed by atoms with Gasteiger partial charge in [-0.3, -0.25) is 9.59 Å². The van der Waals surface area contributed by atoms with Crippen LogP contribution in [-0.2, 0) is 0 Å². The minimum Gasteiger partial charge on any atom is -0.497 e. The first-order valence-electron chi connectivity index (χ1n) is 6.82. The maximum Gasteiger partial charge on any atom is 0.272 e. The molecule has 5 nitrogen and oxygen atoms in total. The van der Waals surface area contributed by atoms with Gasteiger partial charge in [0, 0.05) is 0 Å². The second-order valence-electron chi connectivity index (χ2n) is 4.65. The number of unbranched alkanes of at least 4 members (excludes halogenated alkanes) is 1. The van der Waals surface area contributed by atoms with E-state index < -0.39 is 0 Å². The SMILES string of the molecule is CCC/C=c1\[nH]c(=O)/c(=C\c2ccc(OC)cc2)[nH]c1=O. The lowest BCUT2D eigenvalue weighted by atomic mass is 10.2. The molecule has 0 spiro atoms. The van der Waals surface area contributed by atoms with Crippen molar-refractivity contribution in [2.75, 3.05) is 7.11 Å². The zero-order chi connectivity index (χ0) is 15.2. The van der Waals surface area contributed by atoms with Crippen LogP contribution in [0.3, 0.4) is 0 Å². The molecular weight excluding hydrogens is 268 g/mol. The number of ether oxygens (including phenoxy) is 1. The van der Waals surface area contributed by atoms with Crippen molar-refractivity contribution in [3.05, 3.63) is 61.2 Å². The van der Waals surface area contributed by atoms with Crippen molar-refractivity contribution in [3.8, 4) is 5.75 Å². The summed E-state index contributed by atoms with van der Waals surface area (Å²) in [5, 5.41) is 0.549. The maximum absolute atomic E-state index is 12.0. The highest BCUT2D eigenvalue weighted by Gasteiger charge is 1.96. The Morgan fingerprint density at radius 1 is 1.05 bits per heavy atom. The van der Waals surface area contributed by atoms with Crippen LogP contribution in [0.25, 0.3) is 12.2 Å². The fourth-order valence-electron chi connectivity index (χ4n) is 1.89. The Balaban J connectivity index is 2.49. The molecule has 0 saturated heterocycles. The highest BCUT2D eigenvalue weighted by atomic mass is 16.5. The van der Waals surface area contributed by atoms with Crippen LogP contribution in [0.15, 0.2) is 33.9 Å². The van der Waals surface area contributed by atoms with E-state index in [9.17, 15) is 9.59 Å². The molecule has 2 N–H and O–H groups in total. The standard InChI is InChI=1S/C16H18N2O3/c1-3-4-5-13-15(19)18-14(16(20)17-13)10-11-6-8-12(21-2)9-7-11/h5-10H,3-4H2,1-2H3,(H,17,20)(H,18,19)/b13-5-,14-10+. The molecule has 110 valence electrons. The monoisotopic (exact) mass is 286 g/mol. The minimum atomic E-state index is -0.312. The summed E-state index contributed by atoms with van der Waals surface area (Å²) in [5.74, 6) is 0.735. The highest BCUT2D eigenvalue weighted by Crippen LogP contribution is 2.11. The van der Waals surface area contributed by atoms with Crippen molar-refractivity contribution in [2.24, 2.45) is 0 Å². The van der Waals surface area contributed by atoms with E-state index in [2.05, 4.69) is 9.97 Å². The van der Waals surface area contributed by atoms with Gasteiger partial charge in [0.15, 0.2) is 0 Å². The van der Waals surface area contributed by atoms with Crippen molar-refractivity contribution in [2.45, 2.75) is 19.8 Å². The molecule has 1 heterocycles. The number of aromatic amines is 2. The summed E-state index contributed by atoms with van der Waals surface area (Å²) in [4.78, 5) is 29.1. The molecule has 2 aromatic rings. The molecule has 21 heavy (non-hydrogen) atoms. The largest absolute Gasteiger partial charge is 0.497 e. The molecule has 1 aromatic carbocycles. The third-order valence-corrected chi connectivity index (χ3v) is 3.05. The fraction of sp³-hybridized carbons (Fsp3) is 0.250. The second kappa shape index (κ2) is 6.74. The normalized spacial score (nSPS) is 12.7. The molecule has 0 unspecified atom stereocenters. The van der Waals surface area contributed by atoms with Gasteiger partial charge in [-0.2, -0.15) is 0 Å². The van der Waals surface area contributed by atoms with Gasteiger partial charge < -0.3 is 14.7 Å². The lowest BCUT2D eigenvalue weighted by molar-refractivity contribution is 0.415. The zero-order valence-electron chi connectivity index (χ0n) is 12.1. The highest BCUT2D eigenvalue weighted by molar-refractivity contribution is 5.49. The molecule has 0 aliphatic rings. The summed E-state index contributed by atoms with van der Waals surface area (Å²) < 4.78 is 5.07. The molecule has 0 saturated carbocycles. The summed E-state index contributed by atoms with van der Waals surface area (Å²) in [6, 6.07) is 7.21. The van der Waals surface area contributed by atoms with Gasteiger partial charge in [0.2, 0.25) is 0 Å². The zero-order valence-corrected chi connectivity index (χ0v) is 12.1. The van der Waals surface area contributed by atoms with Crippen LogP contribution in [0.4, 0.5) is 0 Å². The lowest BCUT2D eigenvalue weighted by Crippen LogP contribution is -2.46. The number of nitrogens with one attached hydrogen (secondary N) is 2. The molecule has 1 aromatic heterocycles. The first-order chi connectivity index (χ1) is 10.1. The summed E-state index contributed by atoms with van der Waals surface area (Å²) in [6.45, 7) is 2.01. The van der Waals surface area contributed by atoms with Crippen LogP contribution in [0.2, 0.25) is 0 Å². The molecule has 0 atom stereocenters. The average molecular weight is 286 g/mol. The molecule has 2 rings (SSSR count). The summed E-state index contributed by atoms with van der Waals surface area (Å²) in [6.07, 6.45) is 5.03. The number of hydrogen-bond donors (Lipinski definition) is 2. The van der Waals surface area contributed by atoms with E-state index in [0.717, 1.165) is 24.2 Å². The van der Waals surface area contributed by atoms with Gasteiger partial charge in [0.25, 0.3) is 11.1 Å². The number of methoxy groups -OCH3 is 1. The van der Waals surface area contributed by atoms with E-state index in [1.165, 1.54) is 0 Å². The van der Waals surface area contributed by atoms with Crippen LogP contribution in [0, 0.1) is 0 Å². The fourth-order valence-corrected chi connectivity index (χ4v) is 1.89. The number of H-pyrrole nitrogens is 2. The third kappa shape index (κ3) is 3.72. The van der Waals surface area contributed by atoms with Gasteiger partial charge in [0.1, 0.15) is 16.4 Å². The predicted octanol–water partition coefficient (Wildman–Crippen LogP) is 0.481. The number of aromatic nitrogens is 2. The van der Waals surface area contributed by atoms with Gasteiger partial charge in [-0.15, -0.1) is 0 Å². The van der Waals surface area contributed by atoms with Gasteiger partial charge in [-0.05, 0) is 30.2 Å². The lowest BCUT2D eigenvalue weighted by Gasteiger charge is -1.98. The summed E-state index contributed by atoms with van der Waals surface area (Å²) >= 11 is 0. The molecule has 0 aliphatic carbocycles. The molecule has 0 radical (unpaired) electrons. The van der Waals surface area contributed by atoms with Crippen LogP contribution in [-0.4, -0.2) is 17.1 Å². The molecule has 0 amide bonds. The molecule has 0 aliphatic heterocycles. The van der Waals surface area contributed by atoms with E-state index in [1.54, 1.807) is 31.4 Å². The second-order valence-corrected chi connectivity index (χ2v) is 4.65. The summed E-state index contributed by atoms with van der Waals surface area (Å²) in [7, 11) is 1.59. The minimum absolute atomic E-state index is 0.235. The van der Waals surface area contributed by atoms with E-state index in [-0.39, 0.29) is 16.5 Å². The average Bonchev–Trinajstić information content (AvgIpc) is 2.50. The van der Waals surface area contributed by atoms with Gasteiger partial charge in [0.05, 0.1) is 7.11 Å². The molecule has 5 heteroatoms. The van der Waals surface area contributed by atoms with E-state index in [1.807, 2.05) is 19.1 Å². The molecule has 0 bridgehead atoms. The Bertz CT molecular complexity index is 830. The number of benzene rings is 1. The van der Waals surface area contributed by atoms with Crippen LogP contribution < -0.4 is 26.6 Å². The maximum atomic E-state index is 12.0. The third-order valence-electron chi connectivity index (χ3n) is 3.05. The molecular formula is C16H18N2O3. The van der Waals surface area contributed by atoms with Gasteiger partial charge in [-0.25, -0.2) is 0 Å². The van der Waals surface area contributed by atoms with E-state index in [0.29, 0.717) is 5.35 Å². The Morgan fingerprint density at radius 2 is 1.67 bits per heavy atom. The van der Waals surface area contributed by atoms with Crippen molar-refractivity contribution in [1.82, 2.24) is 9.97 Å². The van der Waals surface area contributed by atoms with Crippen molar-refractivity contribution in [3.63, 3.8) is 0 Å². The van der Waals surface area contributed by atoms with Gasteiger partial charge >= 0.3 is 0 Å². The first-order valence-corrected chi connectivity index (χ1v) is 6.82. The Hall–Kier alpha value is -2.56. The predicted molar refractivity (Wildman–Crippen MR) is 82.9 cm³/mol. The van der Waals surface area contributed by atoms with Crippen LogP contribution in [0.1, 0.15) is 25.3 Å². The topological polar surface area (TPSA) is 75.0 Å². The Morgan fingerprint density at radius 3 is 2.29 bits per heavy atom. The Labute approximate surface area is 121 Å². The number of rotatable bonds is 4. The molecule has 0 fully saturated rings. The number of hydrogen-bond acceptors (Lipinski definition) is 3.